The second kappa shape index (κ2) is 8.46. The molecule has 2 aliphatic carbocycles. The van der Waals surface area contributed by atoms with Gasteiger partial charge in [0.25, 0.3) is 5.91 Å². The Balaban J connectivity index is 1.51. The maximum atomic E-state index is 13.5. The van der Waals surface area contributed by atoms with Gasteiger partial charge in [-0.05, 0) is 55.5 Å². The summed E-state index contributed by atoms with van der Waals surface area (Å²) in [6.07, 6.45) is 4.18. The summed E-state index contributed by atoms with van der Waals surface area (Å²) >= 11 is 0. The zero-order valence-corrected chi connectivity index (χ0v) is 18.5. The summed E-state index contributed by atoms with van der Waals surface area (Å²) in [5.41, 5.74) is 1.44. The minimum Gasteiger partial charge on any atom is -0.349 e. The number of amides is 2. The Morgan fingerprint density at radius 2 is 1.61 bits per heavy atom. The summed E-state index contributed by atoms with van der Waals surface area (Å²) in [6, 6.07) is 15.7. The number of carbonyl (C=O) groups excluding carboxylic acids is 2. The van der Waals surface area contributed by atoms with E-state index >= 15 is 0 Å². The largest absolute Gasteiger partial charge is 0.349 e. The molecule has 2 aromatic carbocycles. The summed E-state index contributed by atoms with van der Waals surface area (Å²) in [6.45, 7) is 0.287. The Bertz CT molecular complexity index is 1050. The van der Waals surface area contributed by atoms with E-state index in [2.05, 4.69) is 5.32 Å². The fourth-order valence-electron chi connectivity index (χ4n) is 4.32. The zero-order valence-electron chi connectivity index (χ0n) is 17.7. The molecule has 0 heterocycles. The van der Waals surface area contributed by atoms with E-state index in [4.69, 9.17) is 0 Å². The molecular weight excluding hydrogens is 412 g/mol. The van der Waals surface area contributed by atoms with Crippen molar-refractivity contribution in [3.63, 3.8) is 0 Å². The molecule has 0 unspecified atom stereocenters. The van der Waals surface area contributed by atoms with Crippen LogP contribution in [0.2, 0.25) is 0 Å². The van der Waals surface area contributed by atoms with Crippen LogP contribution in [0.1, 0.15) is 54.4 Å². The molecule has 2 amide bonds. The Morgan fingerprint density at radius 3 is 2.19 bits per heavy atom. The molecule has 0 aromatic heterocycles. The molecule has 0 bridgehead atoms. The highest BCUT2D eigenvalue weighted by atomic mass is 32.2. The number of carbonyl (C=O) groups is 2. The van der Waals surface area contributed by atoms with E-state index in [0.29, 0.717) is 24.4 Å². The van der Waals surface area contributed by atoms with Crippen molar-refractivity contribution >= 4 is 21.7 Å². The van der Waals surface area contributed by atoms with Crippen LogP contribution in [0, 0.1) is 0 Å². The van der Waals surface area contributed by atoms with Crippen molar-refractivity contribution in [1.82, 2.24) is 10.2 Å². The minimum atomic E-state index is -3.80. The number of nitrogens with one attached hydrogen (secondary N) is 1. The van der Waals surface area contributed by atoms with Crippen molar-refractivity contribution in [3.05, 3.63) is 65.7 Å². The topological polar surface area (TPSA) is 83.6 Å². The van der Waals surface area contributed by atoms with Gasteiger partial charge in [-0.2, -0.15) is 0 Å². The molecule has 2 aromatic rings. The predicted molar refractivity (Wildman–Crippen MR) is 118 cm³/mol. The van der Waals surface area contributed by atoms with Crippen molar-refractivity contribution in [1.29, 1.82) is 0 Å². The van der Waals surface area contributed by atoms with E-state index in [-0.39, 0.29) is 23.3 Å². The lowest BCUT2D eigenvalue weighted by Gasteiger charge is -2.32. The molecule has 0 saturated heterocycles. The molecule has 164 valence electrons. The Morgan fingerprint density at radius 1 is 1.00 bits per heavy atom. The SMILES string of the molecule is CN(Cc1ccc(C(=O)NC2CC2)cc1)C(=O)C1(S(=O)(=O)c2ccccc2)CCCC1. The summed E-state index contributed by atoms with van der Waals surface area (Å²) in [4.78, 5) is 27.3. The second-order valence-corrected chi connectivity index (χ2v) is 10.9. The van der Waals surface area contributed by atoms with Crippen LogP contribution in [-0.4, -0.2) is 43.0 Å². The summed E-state index contributed by atoms with van der Waals surface area (Å²) < 4.78 is 25.5. The van der Waals surface area contributed by atoms with Gasteiger partial charge < -0.3 is 10.2 Å². The molecular formula is C24H28N2O4S. The average molecular weight is 441 g/mol. The second-order valence-electron chi connectivity index (χ2n) is 8.62. The first-order valence-electron chi connectivity index (χ1n) is 10.8. The standard InChI is InChI=1S/C24H28N2O4S/c1-26(17-18-9-11-19(12-10-18)22(27)25-20-13-14-20)23(28)24(15-5-6-16-24)31(29,30)21-7-3-2-4-8-21/h2-4,7-12,20H,5-6,13-17H2,1H3,(H,25,27). The number of hydrogen-bond donors (Lipinski definition) is 1. The molecule has 0 atom stereocenters. The van der Waals surface area contributed by atoms with Gasteiger partial charge in [-0.25, -0.2) is 8.42 Å². The summed E-state index contributed by atoms with van der Waals surface area (Å²) in [5.74, 6) is -0.443. The van der Waals surface area contributed by atoms with Crippen LogP contribution in [0.5, 0.6) is 0 Å². The van der Waals surface area contributed by atoms with Crippen LogP contribution in [0.4, 0.5) is 0 Å². The van der Waals surface area contributed by atoms with Crippen molar-refractivity contribution in [3.8, 4) is 0 Å². The third-order valence-electron chi connectivity index (χ3n) is 6.26. The van der Waals surface area contributed by atoms with Gasteiger partial charge in [-0.1, -0.05) is 43.2 Å². The van der Waals surface area contributed by atoms with E-state index in [9.17, 15) is 18.0 Å². The number of nitrogens with zero attached hydrogens (tertiary/aromatic N) is 1. The van der Waals surface area contributed by atoms with Crippen LogP contribution in [0.15, 0.2) is 59.5 Å². The van der Waals surface area contributed by atoms with E-state index in [1.54, 1.807) is 49.5 Å². The molecule has 4 rings (SSSR count). The highest BCUT2D eigenvalue weighted by molar-refractivity contribution is 7.93. The van der Waals surface area contributed by atoms with E-state index < -0.39 is 14.6 Å². The Hall–Kier alpha value is -2.67. The summed E-state index contributed by atoms with van der Waals surface area (Å²) in [5, 5.41) is 2.95. The highest BCUT2D eigenvalue weighted by Crippen LogP contribution is 2.42. The first kappa shape index (κ1) is 21.6. The fourth-order valence-corrected chi connectivity index (χ4v) is 6.50. The number of benzene rings is 2. The Kier molecular flexibility index (Phi) is 5.88. The van der Waals surface area contributed by atoms with Gasteiger partial charge in [-0.15, -0.1) is 0 Å². The Labute approximate surface area is 183 Å². The van der Waals surface area contributed by atoms with Gasteiger partial charge in [-0.3, -0.25) is 9.59 Å². The molecule has 0 radical (unpaired) electrons. The van der Waals surface area contributed by atoms with Crippen molar-refractivity contribution in [2.24, 2.45) is 0 Å². The van der Waals surface area contributed by atoms with Crippen molar-refractivity contribution < 1.29 is 18.0 Å². The van der Waals surface area contributed by atoms with E-state index in [0.717, 1.165) is 31.2 Å². The third-order valence-corrected chi connectivity index (χ3v) is 8.77. The van der Waals surface area contributed by atoms with Crippen LogP contribution < -0.4 is 5.32 Å². The van der Waals surface area contributed by atoms with Crippen LogP contribution in [0.25, 0.3) is 0 Å². The number of hydrogen-bond acceptors (Lipinski definition) is 4. The van der Waals surface area contributed by atoms with Gasteiger partial charge >= 0.3 is 0 Å². The van der Waals surface area contributed by atoms with Gasteiger partial charge in [0.05, 0.1) is 4.90 Å². The molecule has 0 aliphatic heterocycles. The molecule has 6 nitrogen and oxygen atoms in total. The van der Waals surface area contributed by atoms with Crippen molar-refractivity contribution in [2.75, 3.05) is 7.05 Å². The summed E-state index contributed by atoms with van der Waals surface area (Å²) in [7, 11) is -2.16. The lowest BCUT2D eigenvalue weighted by atomic mass is 10.0. The molecule has 2 saturated carbocycles. The fraction of sp³-hybridized carbons (Fsp3) is 0.417. The van der Waals surface area contributed by atoms with Crippen LogP contribution in [-0.2, 0) is 21.2 Å². The molecule has 0 spiro atoms. The highest BCUT2D eigenvalue weighted by Gasteiger charge is 2.53. The molecule has 1 N–H and O–H groups in total. The van der Waals surface area contributed by atoms with Gasteiger partial charge in [0.15, 0.2) is 14.6 Å². The predicted octanol–water partition coefficient (Wildman–Crippen LogP) is 3.32. The third kappa shape index (κ3) is 4.24. The first-order valence-corrected chi connectivity index (χ1v) is 12.3. The van der Waals surface area contributed by atoms with Crippen LogP contribution in [0.3, 0.4) is 0 Å². The molecule has 2 fully saturated rings. The normalized spacial score (nSPS) is 17.8. The lowest BCUT2D eigenvalue weighted by molar-refractivity contribution is -0.133. The molecule has 31 heavy (non-hydrogen) atoms. The molecule has 2 aliphatic rings. The van der Waals surface area contributed by atoms with E-state index in [1.807, 2.05) is 12.1 Å². The monoisotopic (exact) mass is 440 g/mol. The van der Waals surface area contributed by atoms with Gasteiger partial charge in [0.2, 0.25) is 5.91 Å². The lowest BCUT2D eigenvalue weighted by Crippen LogP contribution is -2.50. The zero-order chi connectivity index (χ0) is 22.1. The van der Waals surface area contributed by atoms with Crippen molar-refractivity contribution in [2.45, 2.75) is 60.8 Å². The quantitative estimate of drug-likeness (QED) is 0.716. The van der Waals surface area contributed by atoms with Gasteiger partial charge in [0.1, 0.15) is 0 Å². The first-order chi connectivity index (χ1) is 14.8. The number of rotatable bonds is 7. The average Bonchev–Trinajstić information content (AvgIpc) is 3.44. The van der Waals surface area contributed by atoms with Gasteiger partial charge in [0, 0.05) is 25.2 Å². The number of sulfone groups is 1. The van der Waals surface area contributed by atoms with E-state index in [1.165, 1.54) is 4.90 Å². The molecule has 7 heteroatoms. The van der Waals surface area contributed by atoms with Crippen LogP contribution >= 0.6 is 0 Å². The maximum absolute atomic E-state index is 13.5. The maximum Gasteiger partial charge on any atom is 0.251 e. The smallest absolute Gasteiger partial charge is 0.251 e. The minimum absolute atomic E-state index is 0.0858.